The van der Waals surface area contributed by atoms with Gasteiger partial charge in [0.1, 0.15) is 5.75 Å². The van der Waals surface area contributed by atoms with Crippen LogP contribution in [0.25, 0.3) is 0 Å². The molecule has 0 unspecified atom stereocenters. The third-order valence-electron chi connectivity index (χ3n) is 4.10. The second-order valence-corrected chi connectivity index (χ2v) is 6.02. The lowest BCUT2D eigenvalue weighted by Crippen LogP contribution is -2.08. The van der Waals surface area contributed by atoms with Gasteiger partial charge in [0.25, 0.3) is 0 Å². The molecule has 4 heteroatoms. The molecule has 2 rings (SSSR count). The van der Waals surface area contributed by atoms with E-state index in [-0.39, 0.29) is 5.97 Å². The number of nitriles is 1. The van der Waals surface area contributed by atoms with Crippen LogP contribution in [0.4, 0.5) is 0 Å². The summed E-state index contributed by atoms with van der Waals surface area (Å²) >= 11 is 0. The van der Waals surface area contributed by atoms with Crippen LogP contribution in [0.15, 0.2) is 48.5 Å². The summed E-state index contributed by atoms with van der Waals surface area (Å²) in [7, 11) is 0. The van der Waals surface area contributed by atoms with Crippen molar-refractivity contribution in [2.24, 2.45) is 0 Å². The van der Waals surface area contributed by atoms with Crippen molar-refractivity contribution in [1.29, 1.82) is 5.26 Å². The molecule has 0 saturated carbocycles. The molecule has 0 atom stereocenters. The Morgan fingerprint density at radius 3 is 2.54 bits per heavy atom. The Balaban J connectivity index is 1.61. The van der Waals surface area contributed by atoms with Crippen molar-refractivity contribution in [2.45, 2.75) is 39.0 Å². The number of nitrogens with zero attached hydrogens (tertiary/aromatic N) is 1. The summed E-state index contributed by atoms with van der Waals surface area (Å²) < 4.78 is 10.7. The average Bonchev–Trinajstić information content (AvgIpc) is 2.67. The number of ether oxygens (including phenoxy) is 2. The van der Waals surface area contributed by atoms with Crippen LogP contribution in [0.5, 0.6) is 5.75 Å². The number of carbonyl (C=O) groups is 1. The molecule has 0 radical (unpaired) electrons. The molecule has 26 heavy (non-hydrogen) atoms. The second kappa shape index (κ2) is 10.9. The van der Waals surface area contributed by atoms with Crippen molar-refractivity contribution in [3.63, 3.8) is 0 Å². The molecule has 4 nitrogen and oxygen atoms in total. The Morgan fingerprint density at radius 1 is 1.04 bits per heavy atom. The fourth-order valence-corrected chi connectivity index (χ4v) is 2.71. The van der Waals surface area contributed by atoms with Gasteiger partial charge in [-0.1, -0.05) is 30.3 Å². The third kappa shape index (κ3) is 6.60. The number of esters is 1. The molecular weight excluding hydrogens is 326 g/mol. The minimum absolute atomic E-state index is 0.175. The third-order valence-corrected chi connectivity index (χ3v) is 4.10. The monoisotopic (exact) mass is 351 g/mol. The quantitative estimate of drug-likeness (QED) is 0.468. The Hall–Kier alpha value is -2.80. The van der Waals surface area contributed by atoms with Gasteiger partial charge in [-0.25, -0.2) is 0 Å². The number of hydrogen-bond donors (Lipinski definition) is 0. The van der Waals surface area contributed by atoms with E-state index in [1.54, 1.807) is 6.07 Å². The van der Waals surface area contributed by atoms with E-state index in [4.69, 9.17) is 14.7 Å². The predicted octanol–water partition coefficient (Wildman–Crippen LogP) is 4.46. The Morgan fingerprint density at radius 2 is 1.81 bits per heavy atom. The highest BCUT2D eigenvalue weighted by Crippen LogP contribution is 2.14. The molecule has 0 N–H and O–H groups in total. The van der Waals surface area contributed by atoms with Gasteiger partial charge in [0.2, 0.25) is 0 Å². The zero-order chi connectivity index (χ0) is 18.6. The lowest BCUT2D eigenvalue weighted by molar-refractivity contribution is -0.143. The highest BCUT2D eigenvalue weighted by molar-refractivity contribution is 5.69. The van der Waals surface area contributed by atoms with Gasteiger partial charge in [-0.3, -0.25) is 4.79 Å². The van der Waals surface area contributed by atoms with Crippen LogP contribution in [0.3, 0.4) is 0 Å². The molecule has 0 fully saturated rings. The van der Waals surface area contributed by atoms with Crippen LogP contribution in [0.1, 0.15) is 42.9 Å². The van der Waals surface area contributed by atoms with E-state index in [1.807, 2.05) is 37.3 Å². The lowest BCUT2D eigenvalue weighted by atomic mass is 10.1. The van der Waals surface area contributed by atoms with Gasteiger partial charge in [0, 0.05) is 12.8 Å². The van der Waals surface area contributed by atoms with Crippen molar-refractivity contribution in [3.8, 4) is 11.8 Å². The smallest absolute Gasteiger partial charge is 0.305 e. The molecule has 2 aromatic rings. The van der Waals surface area contributed by atoms with Crippen LogP contribution >= 0.6 is 0 Å². The predicted molar refractivity (Wildman–Crippen MR) is 101 cm³/mol. The fraction of sp³-hybridized carbons (Fsp3) is 0.364. The largest absolute Gasteiger partial charge is 0.494 e. The van der Waals surface area contributed by atoms with Crippen molar-refractivity contribution in [1.82, 2.24) is 0 Å². The van der Waals surface area contributed by atoms with Crippen molar-refractivity contribution in [3.05, 3.63) is 65.2 Å². The molecule has 0 bridgehead atoms. The van der Waals surface area contributed by atoms with Gasteiger partial charge in [0.15, 0.2) is 0 Å². The Labute approximate surface area is 155 Å². The molecule has 136 valence electrons. The first-order valence-corrected chi connectivity index (χ1v) is 9.08. The number of rotatable bonds is 10. The topological polar surface area (TPSA) is 59.3 Å². The van der Waals surface area contributed by atoms with Gasteiger partial charge < -0.3 is 9.47 Å². The molecule has 0 saturated heterocycles. The summed E-state index contributed by atoms with van der Waals surface area (Å²) in [4.78, 5) is 11.8. The molecule has 0 heterocycles. The lowest BCUT2D eigenvalue weighted by Gasteiger charge is -2.07. The maximum absolute atomic E-state index is 11.8. The van der Waals surface area contributed by atoms with Crippen LogP contribution in [0.2, 0.25) is 0 Å². The van der Waals surface area contributed by atoms with Gasteiger partial charge in [-0.2, -0.15) is 5.26 Å². The van der Waals surface area contributed by atoms with Crippen molar-refractivity contribution < 1.29 is 14.3 Å². The molecule has 0 aliphatic heterocycles. The molecular formula is C22H25NO3. The van der Waals surface area contributed by atoms with E-state index >= 15 is 0 Å². The molecule has 0 aliphatic carbocycles. The summed E-state index contributed by atoms with van der Waals surface area (Å²) in [5, 5.41) is 9.04. The van der Waals surface area contributed by atoms with Crippen LogP contribution in [-0.2, 0) is 22.4 Å². The standard InChI is InChI=1S/C22H25NO3/c1-2-25-21-13-11-18(12-14-21)7-3-6-10-22(24)26-16-15-19-8-4-5-9-20(19)17-23/h4-5,8-9,11-14H,2-3,6-7,10,15-16H2,1H3. The first-order chi connectivity index (χ1) is 12.7. The summed E-state index contributed by atoms with van der Waals surface area (Å²) in [6.45, 7) is 2.95. The average molecular weight is 351 g/mol. The van der Waals surface area contributed by atoms with Crippen molar-refractivity contribution >= 4 is 5.97 Å². The summed E-state index contributed by atoms with van der Waals surface area (Å²) in [6.07, 6.45) is 3.69. The Bertz CT molecular complexity index is 732. The summed E-state index contributed by atoms with van der Waals surface area (Å²) in [6, 6.07) is 17.6. The van der Waals surface area contributed by atoms with Crippen LogP contribution < -0.4 is 4.74 Å². The SMILES string of the molecule is CCOc1ccc(CCCCC(=O)OCCc2ccccc2C#N)cc1. The first kappa shape index (κ1) is 19.5. The van der Waals surface area contributed by atoms with Gasteiger partial charge >= 0.3 is 5.97 Å². The molecule has 0 amide bonds. The van der Waals surface area contributed by atoms with Gasteiger partial charge in [0.05, 0.1) is 24.8 Å². The van der Waals surface area contributed by atoms with Gasteiger partial charge in [-0.05, 0) is 55.5 Å². The molecule has 0 aliphatic rings. The van der Waals surface area contributed by atoms with Crippen LogP contribution in [-0.4, -0.2) is 19.2 Å². The van der Waals surface area contributed by atoms with Gasteiger partial charge in [-0.15, -0.1) is 0 Å². The van der Waals surface area contributed by atoms with E-state index in [1.165, 1.54) is 5.56 Å². The van der Waals surface area contributed by atoms with E-state index < -0.39 is 0 Å². The van der Waals surface area contributed by atoms with E-state index in [9.17, 15) is 4.79 Å². The highest BCUT2D eigenvalue weighted by Gasteiger charge is 2.05. The normalized spacial score (nSPS) is 10.2. The zero-order valence-electron chi connectivity index (χ0n) is 15.2. The van der Waals surface area contributed by atoms with Crippen LogP contribution in [0, 0.1) is 11.3 Å². The van der Waals surface area contributed by atoms with Crippen molar-refractivity contribution in [2.75, 3.05) is 13.2 Å². The van der Waals surface area contributed by atoms with E-state index in [2.05, 4.69) is 18.2 Å². The molecule has 0 spiro atoms. The number of benzene rings is 2. The Kier molecular flexibility index (Phi) is 8.21. The number of carbonyl (C=O) groups excluding carboxylic acids is 1. The summed E-state index contributed by atoms with van der Waals surface area (Å²) in [5.41, 5.74) is 2.80. The number of aryl methyl sites for hydroxylation is 1. The van der Waals surface area contributed by atoms with E-state index in [0.29, 0.717) is 31.6 Å². The first-order valence-electron chi connectivity index (χ1n) is 9.08. The zero-order valence-corrected chi connectivity index (χ0v) is 15.2. The summed E-state index contributed by atoms with van der Waals surface area (Å²) in [5.74, 6) is 0.712. The molecule has 0 aromatic heterocycles. The number of hydrogen-bond acceptors (Lipinski definition) is 4. The maximum atomic E-state index is 11.8. The minimum Gasteiger partial charge on any atom is -0.494 e. The highest BCUT2D eigenvalue weighted by atomic mass is 16.5. The molecule has 2 aromatic carbocycles. The fourth-order valence-electron chi connectivity index (χ4n) is 2.71. The van der Waals surface area contributed by atoms with E-state index in [0.717, 1.165) is 30.6 Å². The second-order valence-electron chi connectivity index (χ2n) is 6.02. The minimum atomic E-state index is -0.175. The maximum Gasteiger partial charge on any atom is 0.305 e. The number of unbranched alkanes of at least 4 members (excludes halogenated alkanes) is 1.